The summed E-state index contributed by atoms with van der Waals surface area (Å²) in [5.74, 6) is -0.179. The largest absolute Gasteiger partial charge is 0.465 e. The zero-order valence-corrected chi connectivity index (χ0v) is 6.65. The number of carbonyl (C=O) groups is 1. The molecular weight excluding hydrogens is 193 g/mol. The fourth-order valence-corrected chi connectivity index (χ4v) is 0.997. The van der Waals surface area contributed by atoms with Crippen molar-refractivity contribution < 1.29 is 14.3 Å². The second kappa shape index (κ2) is 2.91. The molecule has 0 fully saturated rings. The fraction of sp³-hybridized carbons (Fsp3) is 0. The molecular formula is C6H4FN5O2. The van der Waals surface area contributed by atoms with Gasteiger partial charge in [0.05, 0.1) is 6.33 Å². The average Bonchev–Trinajstić information content (AvgIpc) is 2.50. The fourth-order valence-electron chi connectivity index (χ4n) is 0.997. The number of imidazole rings is 1. The van der Waals surface area contributed by atoms with Gasteiger partial charge in [0.15, 0.2) is 17.0 Å². The number of nitrogens with one attached hydrogen (secondary N) is 2. The molecule has 3 N–H and O–H groups in total. The van der Waals surface area contributed by atoms with Crippen LogP contribution in [0.4, 0.5) is 15.0 Å². The molecule has 2 aromatic rings. The summed E-state index contributed by atoms with van der Waals surface area (Å²) in [4.78, 5) is 23.2. The van der Waals surface area contributed by atoms with Crippen LogP contribution in [0.15, 0.2) is 6.33 Å². The molecule has 0 bridgehead atoms. The van der Waals surface area contributed by atoms with E-state index < -0.39 is 12.2 Å². The Hall–Kier alpha value is -2.25. The normalized spacial score (nSPS) is 10.4. The minimum absolute atomic E-state index is 0.140. The maximum Gasteiger partial charge on any atom is 0.410 e. The smallest absolute Gasteiger partial charge is 0.410 e. The topological polar surface area (TPSA) is 104 Å². The molecule has 1 amide bonds. The number of fused-ring (bicyclic) bond motifs is 1. The summed E-state index contributed by atoms with van der Waals surface area (Å²) in [6, 6.07) is 0. The van der Waals surface area contributed by atoms with E-state index >= 15 is 0 Å². The molecule has 2 heterocycles. The molecule has 72 valence electrons. The van der Waals surface area contributed by atoms with Gasteiger partial charge in [-0.25, -0.2) is 9.78 Å². The summed E-state index contributed by atoms with van der Waals surface area (Å²) in [5, 5.41) is 10.3. The van der Waals surface area contributed by atoms with Crippen molar-refractivity contribution in [3.8, 4) is 0 Å². The molecule has 0 spiro atoms. The zero-order chi connectivity index (χ0) is 10.1. The first-order valence-electron chi connectivity index (χ1n) is 3.53. The van der Waals surface area contributed by atoms with E-state index in [0.29, 0.717) is 0 Å². The van der Waals surface area contributed by atoms with Crippen LogP contribution >= 0.6 is 0 Å². The molecule has 0 aliphatic heterocycles. The molecule has 0 saturated carbocycles. The Morgan fingerprint density at radius 1 is 1.57 bits per heavy atom. The van der Waals surface area contributed by atoms with Crippen LogP contribution in [0.1, 0.15) is 0 Å². The van der Waals surface area contributed by atoms with Crippen LogP contribution < -0.4 is 5.32 Å². The number of rotatable bonds is 1. The Kier molecular flexibility index (Phi) is 1.73. The maximum absolute atomic E-state index is 12.7. The van der Waals surface area contributed by atoms with Crippen LogP contribution in [0.3, 0.4) is 0 Å². The van der Waals surface area contributed by atoms with E-state index in [1.54, 1.807) is 0 Å². The van der Waals surface area contributed by atoms with Gasteiger partial charge in [0.2, 0.25) is 0 Å². The number of nitrogens with zero attached hydrogens (tertiary/aromatic N) is 3. The molecule has 0 aliphatic carbocycles. The van der Waals surface area contributed by atoms with Gasteiger partial charge in [-0.1, -0.05) is 0 Å². The van der Waals surface area contributed by atoms with Crippen LogP contribution in [0.2, 0.25) is 0 Å². The molecule has 7 nitrogen and oxygen atoms in total. The molecule has 0 aromatic carbocycles. The molecule has 14 heavy (non-hydrogen) atoms. The number of aromatic amines is 1. The summed E-state index contributed by atoms with van der Waals surface area (Å²) < 4.78 is 12.7. The van der Waals surface area contributed by atoms with Gasteiger partial charge < -0.3 is 10.1 Å². The maximum atomic E-state index is 12.7. The van der Waals surface area contributed by atoms with Crippen LogP contribution in [0.25, 0.3) is 11.2 Å². The lowest BCUT2D eigenvalue weighted by Crippen LogP contribution is -2.10. The van der Waals surface area contributed by atoms with Crippen molar-refractivity contribution in [1.82, 2.24) is 19.9 Å². The summed E-state index contributed by atoms with van der Waals surface area (Å²) >= 11 is 0. The van der Waals surface area contributed by atoms with E-state index in [2.05, 4.69) is 19.9 Å². The van der Waals surface area contributed by atoms with Gasteiger partial charge in [-0.2, -0.15) is 14.4 Å². The van der Waals surface area contributed by atoms with Crippen molar-refractivity contribution in [3.05, 3.63) is 12.4 Å². The zero-order valence-electron chi connectivity index (χ0n) is 6.65. The van der Waals surface area contributed by atoms with Gasteiger partial charge >= 0.3 is 12.2 Å². The first kappa shape index (κ1) is 8.35. The third kappa shape index (κ3) is 1.32. The Bertz CT molecular complexity index is 496. The highest BCUT2D eigenvalue weighted by molar-refractivity contribution is 5.92. The molecule has 0 unspecified atom stereocenters. The van der Waals surface area contributed by atoms with Crippen LogP contribution in [-0.4, -0.2) is 31.1 Å². The lowest BCUT2D eigenvalue weighted by molar-refractivity contribution is 0.209. The highest BCUT2D eigenvalue weighted by atomic mass is 19.1. The monoisotopic (exact) mass is 197 g/mol. The molecule has 0 aliphatic rings. The van der Waals surface area contributed by atoms with E-state index in [1.807, 2.05) is 5.32 Å². The Balaban J connectivity index is 2.60. The van der Waals surface area contributed by atoms with Gasteiger partial charge in [0.1, 0.15) is 0 Å². The molecule has 8 heteroatoms. The Morgan fingerprint density at radius 2 is 2.36 bits per heavy atom. The number of H-pyrrole nitrogens is 1. The number of aromatic nitrogens is 4. The lowest BCUT2D eigenvalue weighted by atomic mass is 10.5. The number of anilines is 1. The Labute approximate surface area is 76.0 Å². The van der Waals surface area contributed by atoms with Crippen molar-refractivity contribution in [2.24, 2.45) is 0 Å². The molecule has 2 aromatic heterocycles. The van der Waals surface area contributed by atoms with Gasteiger partial charge in [0, 0.05) is 0 Å². The van der Waals surface area contributed by atoms with Crippen LogP contribution in [0.5, 0.6) is 0 Å². The average molecular weight is 197 g/mol. The number of halogens is 1. The predicted molar refractivity (Wildman–Crippen MR) is 43.3 cm³/mol. The molecule has 0 atom stereocenters. The summed E-state index contributed by atoms with van der Waals surface area (Å²) in [5.41, 5.74) is 0.315. The number of amides is 1. The van der Waals surface area contributed by atoms with Crippen molar-refractivity contribution in [2.45, 2.75) is 0 Å². The highest BCUT2D eigenvalue weighted by Crippen LogP contribution is 2.15. The van der Waals surface area contributed by atoms with Gasteiger partial charge in [-0.3, -0.25) is 5.32 Å². The standard InChI is InChI=1S/C6H4FN5O2/c7-5-10-3-2(8-1-9-3)4(11-5)12-6(13)14/h1H,(H,13,14)(H2,8,9,10,11,12). The van der Waals surface area contributed by atoms with Gasteiger partial charge in [-0.15, -0.1) is 0 Å². The van der Waals surface area contributed by atoms with Crippen LogP contribution in [-0.2, 0) is 0 Å². The summed E-state index contributed by atoms with van der Waals surface area (Å²) in [7, 11) is 0. The summed E-state index contributed by atoms with van der Waals surface area (Å²) in [6.45, 7) is 0. The minimum atomic E-state index is -1.34. The second-order valence-corrected chi connectivity index (χ2v) is 2.37. The van der Waals surface area contributed by atoms with Crippen molar-refractivity contribution >= 4 is 23.1 Å². The third-order valence-corrected chi connectivity index (χ3v) is 1.48. The number of carboxylic acid groups (broad SMARTS) is 1. The quantitative estimate of drug-likeness (QED) is 0.580. The van der Waals surface area contributed by atoms with Crippen molar-refractivity contribution in [2.75, 3.05) is 5.32 Å². The molecule has 0 radical (unpaired) electrons. The first-order valence-corrected chi connectivity index (χ1v) is 3.53. The van der Waals surface area contributed by atoms with E-state index in [4.69, 9.17) is 5.11 Å². The van der Waals surface area contributed by atoms with Crippen molar-refractivity contribution in [1.29, 1.82) is 0 Å². The summed E-state index contributed by atoms with van der Waals surface area (Å²) in [6.07, 6.45) is -1.09. The van der Waals surface area contributed by atoms with Gasteiger partial charge in [0.25, 0.3) is 0 Å². The lowest BCUT2D eigenvalue weighted by Gasteiger charge is -1.99. The highest BCUT2D eigenvalue weighted by Gasteiger charge is 2.11. The van der Waals surface area contributed by atoms with E-state index in [-0.39, 0.29) is 17.0 Å². The molecule has 2 rings (SSSR count). The van der Waals surface area contributed by atoms with E-state index in [1.165, 1.54) is 6.33 Å². The van der Waals surface area contributed by atoms with E-state index in [9.17, 15) is 9.18 Å². The number of hydrogen-bond donors (Lipinski definition) is 3. The number of hydrogen-bond acceptors (Lipinski definition) is 4. The molecule has 0 saturated heterocycles. The minimum Gasteiger partial charge on any atom is -0.465 e. The SMILES string of the molecule is O=C(O)Nc1nc(F)nc2[nH]cnc12. The predicted octanol–water partition coefficient (Wildman–Crippen LogP) is 0.582. The third-order valence-electron chi connectivity index (χ3n) is 1.48. The van der Waals surface area contributed by atoms with Crippen molar-refractivity contribution in [3.63, 3.8) is 0 Å². The van der Waals surface area contributed by atoms with E-state index in [0.717, 1.165) is 0 Å². The Morgan fingerprint density at radius 3 is 3.07 bits per heavy atom. The first-order chi connectivity index (χ1) is 6.66. The second-order valence-electron chi connectivity index (χ2n) is 2.37. The van der Waals surface area contributed by atoms with Crippen LogP contribution in [0, 0.1) is 6.08 Å². The van der Waals surface area contributed by atoms with Gasteiger partial charge in [-0.05, 0) is 0 Å².